The Bertz CT molecular complexity index is 656. The molecule has 0 aliphatic rings. The molecule has 3 nitrogen and oxygen atoms in total. The van der Waals surface area contributed by atoms with Crippen molar-refractivity contribution in [2.45, 2.75) is 13.0 Å². The van der Waals surface area contributed by atoms with Crippen molar-refractivity contribution >= 4 is 31.9 Å². The Kier molecular flexibility index (Phi) is 5.30. The molecule has 0 aliphatic heterocycles. The van der Waals surface area contributed by atoms with E-state index in [2.05, 4.69) is 31.9 Å². The van der Waals surface area contributed by atoms with Gasteiger partial charge in [-0.3, -0.25) is 0 Å². The molecular weight excluding hydrogens is 400 g/mol. The third-order valence-corrected chi connectivity index (χ3v) is 4.87. The third-order valence-electron chi connectivity index (χ3n) is 3.30. The molecule has 112 valence electrons. The van der Waals surface area contributed by atoms with Crippen LogP contribution in [0.15, 0.2) is 39.3 Å². The Balaban J connectivity index is 2.47. The van der Waals surface area contributed by atoms with Gasteiger partial charge in [-0.15, -0.1) is 0 Å². The zero-order valence-corrected chi connectivity index (χ0v) is 15.2. The van der Waals surface area contributed by atoms with E-state index in [9.17, 15) is 5.11 Å². The number of halogens is 2. The zero-order valence-electron chi connectivity index (χ0n) is 12.0. The summed E-state index contributed by atoms with van der Waals surface area (Å²) in [5, 5.41) is 10.6. The summed E-state index contributed by atoms with van der Waals surface area (Å²) >= 11 is 6.94. The van der Waals surface area contributed by atoms with Gasteiger partial charge >= 0.3 is 0 Å². The Morgan fingerprint density at radius 2 is 1.57 bits per heavy atom. The molecule has 0 saturated heterocycles. The Morgan fingerprint density at radius 1 is 0.952 bits per heavy atom. The van der Waals surface area contributed by atoms with Crippen molar-refractivity contribution in [2.75, 3.05) is 14.2 Å². The van der Waals surface area contributed by atoms with Gasteiger partial charge in [0.1, 0.15) is 6.10 Å². The summed E-state index contributed by atoms with van der Waals surface area (Å²) in [6.07, 6.45) is -0.744. The van der Waals surface area contributed by atoms with E-state index < -0.39 is 6.10 Å². The molecule has 2 aromatic rings. The van der Waals surface area contributed by atoms with Crippen molar-refractivity contribution in [1.29, 1.82) is 0 Å². The molecule has 2 aromatic carbocycles. The lowest BCUT2D eigenvalue weighted by molar-refractivity contribution is 0.218. The van der Waals surface area contributed by atoms with Gasteiger partial charge in [-0.1, -0.05) is 44.0 Å². The summed E-state index contributed by atoms with van der Waals surface area (Å²) in [4.78, 5) is 0. The number of hydrogen-bond donors (Lipinski definition) is 1. The van der Waals surface area contributed by atoms with E-state index in [-0.39, 0.29) is 0 Å². The summed E-state index contributed by atoms with van der Waals surface area (Å²) in [6.45, 7) is 1.99. The molecule has 1 N–H and O–H groups in total. The van der Waals surface area contributed by atoms with E-state index in [1.165, 1.54) is 0 Å². The second-order valence-electron chi connectivity index (χ2n) is 4.64. The van der Waals surface area contributed by atoms with Crippen LogP contribution in [0.4, 0.5) is 0 Å². The van der Waals surface area contributed by atoms with Crippen LogP contribution in [-0.4, -0.2) is 19.3 Å². The first-order chi connectivity index (χ1) is 9.97. The monoisotopic (exact) mass is 414 g/mol. The van der Waals surface area contributed by atoms with Crippen LogP contribution in [0, 0.1) is 6.92 Å². The van der Waals surface area contributed by atoms with Crippen molar-refractivity contribution in [3.8, 4) is 11.5 Å². The molecule has 1 atom stereocenters. The number of hydrogen-bond acceptors (Lipinski definition) is 3. The van der Waals surface area contributed by atoms with Crippen molar-refractivity contribution in [3.05, 3.63) is 56.0 Å². The first kappa shape index (κ1) is 16.3. The highest BCUT2D eigenvalue weighted by Gasteiger charge is 2.18. The van der Waals surface area contributed by atoms with E-state index >= 15 is 0 Å². The van der Waals surface area contributed by atoms with Gasteiger partial charge in [-0.2, -0.15) is 0 Å². The van der Waals surface area contributed by atoms with Gasteiger partial charge in [0.15, 0.2) is 11.5 Å². The predicted octanol–water partition coefficient (Wildman–Crippen LogP) is 4.62. The molecule has 0 fully saturated rings. The average molecular weight is 416 g/mol. The number of methoxy groups -OCH3 is 2. The maximum absolute atomic E-state index is 10.6. The van der Waals surface area contributed by atoms with Crippen molar-refractivity contribution in [1.82, 2.24) is 0 Å². The van der Waals surface area contributed by atoms with E-state index in [1.807, 2.05) is 25.1 Å². The fraction of sp³-hybridized carbons (Fsp3) is 0.250. The van der Waals surface area contributed by atoms with Gasteiger partial charge in [-0.25, -0.2) is 0 Å². The molecule has 0 saturated carbocycles. The molecule has 2 rings (SSSR count). The third kappa shape index (κ3) is 3.42. The molecule has 0 radical (unpaired) electrons. The van der Waals surface area contributed by atoms with Gasteiger partial charge in [0.2, 0.25) is 0 Å². The van der Waals surface area contributed by atoms with Crippen molar-refractivity contribution < 1.29 is 14.6 Å². The number of benzene rings is 2. The lowest BCUT2D eigenvalue weighted by Gasteiger charge is -2.17. The van der Waals surface area contributed by atoms with Gasteiger partial charge in [0.05, 0.1) is 14.2 Å². The highest BCUT2D eigenvalue weighted by Crippen LogP contribution is 2.38. The molecule has 0 heterocycles. The summed E-state index contributed by atoms with van der Waals surface area (Å²) < 4.78 is 12.3. The molecule has 0 spiro atoms. The number of rotatable bonds is 4. The quantitative estimate of drug-likeness (QED) is 0.791. The Morgan fingerprint density at radius 3 is 2.14 bits per heavy atom. The highest BCUT2D eigenvalue weighted by molar-refractivity contribution is 9.10. The maximum atomic E-state index is 10.6. The summed E-state index contributed by atoms with van der Waals surface area (Å²) in [6, 6.07) is 9.36. The van der Waals surface area contributed by atoms with Crippen LogP contribution < -0.4 is 9.47 Å². The van der Waals surface area contributed by atoms with E-state index in [1.54, 1.807) is 26.4 Å². The van der Waals surface area contributed by atoms with Gasteiger partial charge in [0, 0.05) is 14.5 Å². The van der Waals surface area contributed by atoms with E-state index in [0.717, 1.165) is 25.6 Å². The number of aliphatic hydroxyl groups is 1. The van der Waals surface area contributed by atoms with Crippen molar-refractivity contribution in [2.24, 2.45) is 0 Å². The largest absolute Gasteiger partial charge is 0.493 e. The van der Waals surface area contributed by atoms with Crippen LogP contribution in [0.25, 0.3) is 0 Å². The fourth-order valence-electron chi connectivity index (χ4n) is 2.10. The summed E-state index contributed by atoms with van der Waals surface area (Å²) in [7, 11) is 3.16. The van der Waals surface area contributed by atoms with E-state index in [4.69, 9.17) is 9.47 Å². The SMILES string of the molecule is COc1cc(Br)c(C(O)c2ccc(Br)c(C)c2)cc1OC. The topological polar surface area (TPSA) is 38.7 Å². The molecule has 0 aromatic heterocycles. The minimum atomic E-state index is -0.744. The molecule has 1 unspecified atom stereocenters. The van der Waals surface area contributed by atoms with Gasteiger partial charge < -0.3 is 14.6 Å². The highest BCUT2D eigenvalue weighted by atomic mass is 79.9. The second kappa shape index (κ2) is 6.81. The molecule has 0 amide bonds. The molecular formula is C16H16Br2O3. The first-order valence-electron chi connectivity index (χ1n) is 6.33. The summed E-state index contributed by atoms with van der Waals surface area (Å²) in [5.41, 5.74) is 2.63. The molecule has 0 bridgehead atoms. The smallest absolute Gasteiger partial charge is 0.161 e. The zero-order chi connectivity index (χ0) is 15.6. The standard InChI is InChI=1S/C16H16Br2O3/c1-9-6-10(4-5-12(9)17)16(19)11-7-14(20-2)15(21-3)8-13(11)18/h4-8,16,19H,1-3H3. The van der Waals surface area contributed by atoms with Gasteiger partial charge in [-0.05, 0) is 36.2 Å². The second-order valence-corrected chi connectivity index (χ2v) is 6.35. The van der Waals surface area contributed by atoms with Crippen LogP contribution >= 0.6 is 31.9 Å². The number of ether oxygens (including phenoxy) is 2. The normalized spacial score (nSPS) is 12.1. The summed E-state index contributed by atoms with van der Waals surface area (Å²) in [5.74, 6) is 1.20. The Hall–Kier alpha value is -1.04. The first-order valence-corrected chi connectivity index (χ1v) is 7.92. The Labute approximate surface area is 141 Å². The molecule has 5 heteroatoms. The maximum Gasteiger partial charge on any atom is 0.161 e. The minimum Gasteiger partial charge on any atom is -0.493 e. The van der Waals surface area contributed by atoms with Crippen LogP contribution in [0.1, 0.15) is 22.8 Å². The minimum absolute atomic E-state index is 0.587. The fourth-order valence-corrected chi connectivity index (χ4v) is 2.88. The molecule has 0 aliphatic carbocycles. The van der Waals surface area contributed by atoms with Crippen molar-refractivity contribution in [3.63, 3.8) is 0 Å². The lowest BCUT2D eigenvalue weighted by atomic mass is 9.99. The van der Waals surface area contributed by atoms with Crippen LogP contribution in [-0.2, 0) is 0 Å². The van der Waals surface area contributed by atoms with E-state index in [0.29, 0.717) is 11.5 Å². The predicted molar refractivity (Wildman–Crippen MR) is 90.2 cm³/mol. The van der Waals surface area contributed by atoms with Crippen LogP contribution in [0.2, 0.25) is 0 Å². The van der Waals surface area contributed by atoms with Crippen LogP contribution in [0.5, 0.6) is 11.5 Å². The average Bonchev–Trinajstić information content (AvgIpc) is 2.49. The number of aliphatic hydroxyl groups excluding tert-OH is 1. The lowest BCUT2D eigenvalue weighted by Crippen LogP contribution is -2.03. The number of aryl methyl sites for hydroxylation is 1. The van der Waals surface area contributed by atoms with Gasteiger partial charge in [0.25, 0.3) is 0 Å². The molecule has 21 heavy (non-hydrogen) atoms. The van der Waals surface area contributed by atoms with Crippen LogP contribution in [0.3, 0.4) is 0 Å².